The number of hydrogen-bond donors (Lipinski definition) is 1. The van der Waals surface area contributed by atoms with Crippen LogP contribution >= 0.6 is 0 Å². The summed E-state index contributed by atoms with van der Waals surface area (Å²) in [5, 5.41) is 3.42. The van der Waals surface area contributed by atoms with Gasteiger partial charge in [0.15, 0.2) is 0 Å². The number of aromatic nitrogens is 2. The molecular formula is C15H26N4. The lowest BCUT2D eigenvalue weighted by Gasteiger charge is -2.21. The molecule has 19 heavy (non-hydrogen) atoms. The number of likely N-dealkylation sites (N-methyl/N-ethyl adjacent to an activating group) is 1. The predicted octanol–water partition coefficient (Wildman–Crippen LogP) is 1.57. The molecule has 2 rings (SSSR count). The summed E-state index contributed by atoms with van der Waals surface area (Å²) in [6.45, 7) is 11.9. The molecule has 106 valence electrons. The van der Waals surface area contributed by atoms with Crippen molar-refractivity contribution in [2.45, 2.75) is 46.6 Å². The molecule has 1 aliphatic heterocycles. The van der Waals surface area contributed by atoms with Gasteiger partial charge in [-0.05, 0) is 19.5 Å². The fourth-order valence-electron chi connectivity index (χ4n) is 2.67. The summed E-state index contributed by atoms with van der Waals surface area (Å²) in [4.78, 5) is 12.0. The highest BCUT2D eigenvalue weighted by atomic mass is 15.1. The van der Waals surface area contributed by atoms with Gasteiger partial charge in [0.2, 0.25) is 0 Å². The fourth-order valence-corrected chi connectivity index (χ4v) is 2.67. The minimum Gasteiger partial charge on any atom is -0.312 e. The molecular weight excluding hydrogens is 236 g/mol. The van der Waals surface area contributed by atoms with E-state index >= 15 is 0 Å². The molecule has 4 heteroatoms. The first-order valence-corrected chi connectivity index (χ1v) is 7.59. The zero-order chi connectivity index (χ0) is 13.7. The molecule has 0 saturated heterocycles. The van der Waals surface area contributed by atoms with Gasteiger partial charge in [0.1, 0.15) is 5.82 Å². The van der Waals surface area contributed by atoms with Gasteiger partial charge in [-0.2, -0.15) is 0 Å². The minimum atomic E-state index is 0.939. The molecule has 2 heterocycles. The van der Waals surface area contributed by atoms with Crippen molar-refractivity contribution in [1.82, 2.24) is 20.2 Å². The standard InChI is InChI=1S/C15H26N4/c1-4-13-12-11-16-9-7-14(12)18-15(17-13)8-10-19(5-2)6-3/h16H,4-11H2,1-3H3. The van der Waals surface area contributed by atoms with E-state index in [4.69, 9.17) is 9.97 Å². The molecule has 1 aromatic rings. The van der Waals surface area contributed by atoms with Crippen LogP contribution in [0.2, 0.25) is 0 Å². The third-order valence-electron chi connectivity index (χ3n) is 3.95. The van der Waals surface area contributed by atoms with Crippen LogP contribution in [0.5, 0.6) is 0 Å². The highest BCUT2D eigenvalue weighted by molar-refractivity contribution is 5.28. The number of nitrogens with one attached hydrogen (secondary N) is 1. The molecule has 0 amide bonds. The van der Waals surface area contributed by atoms with Gasteiger partial charge in [0.05, 0.1) is 5.69 Å². The van der Waals surface area contributed by atoms with E-state index in [2.05, 4.69) is 31.0 Å². The maximum Gasteiger partial charge on any atom is 0.130 e. The van der Waals surface area contributed by atoms with Crippen molar-refractivity contribution in [3.05, 3.63) is 22.8 Å². The van der Waals surface area contributed by atoms with E-state index in [1.165, 1.54) is 17.0 Å². The van der Waals surface area contributed by atoms with Gasteiger partial charge in [-0.25, -0.2) is 9.97 Å². The first-order chi connectivity index (χ1) is 9.28. The maximum atomic E-state index is 4.78. The van der Waals surface area contributed by atoms with Gasteiger partial charge in [0.25, 0.3) is 0 Å². The number of nitrogens with zero attached hydrogens (tertiary/aromatic N) is 3. The Balaban J connectivity index is 2.13. The summed E-state index contributed by atoms with van der Waals surface area (Å²) in [5.41, 5.74) is 3.87. The summed E-state index contributed by atoms with van der Waals surface area (Å²) >= 11 is 0. The summed E-state index contributed by atoms with van der Waals surface area (Å²) < 4.78 is 0. The summed E-state index contributed by atoms with van der Waals surface area (Å²) in [6, 6.07) is 0. The van der Waals surface area contributed by atoms with E-state index in [1.807, 2.05) is 0 Å². The number of fused-ring (bicyclic) bond motifs is 1. The van der Waals surface area contributed by atoms with Crippen LogP contribution in [-0.4, -0.2) is 41.0 Å². The van der Waals surface area contributed by atoms with E-state index in [1.54, 1.807) is 0 Å². The summed E-state index contributed by atoms with van der Waals surface area (Å²) in [5.74, 6) is 1.03. The molecule has 0 fully saturated rings. The normalized spacial score (nSPS) is 14.7. The average Bonchev–Trinajstić information content (AvgIpc) is 2.47. The van der Waals surface area contributed by atoms with Crippen LogP contribution in [0.1, 0.15) is 43.5 Å². The van der Waals surface area contributed by atoms with Crippen molar-refractivity contribution in [3.8, 4) is 0 Å². The van der Waals surface area contributed by atoms with Gasteiger partial charge in [-0.1, -0.05) is 20.8 Å². The Morgan fingerprint density at radius 2 is 1.95 bits per heavy atom. The van der Waals surface area contributed by atoms with Crippen molar-refractivity contribution in [3.63, 3.8) is 0 Å². The molecule has 0 saturated carbocycles. The Morgan fingerprint density at radius 3 is 2.63 bits per heavy atom. The molecule has 1 aromatic heterocycles. The van der Waals surface area contributed by atoms with E-state index in [0.717, 1.165) is 57.8 Å². The van der Waals surface area contributed by atoms with Crippen molar-refractivity contribution in [1.29, 1.82) is 0 Å². The Bertz CT molecular complexity index is 396. The first kappa shape index (κ1) is 14.4. The third-order valence-corrected chi connectivity index (χ3v) is 3.95. The van der Waals surface area contributed by atoms with Crippen molar-refractivity contribution >= 4 is 0 Å². The zero-order valence-corrected chi connectivity index (χ0v) is 12.5. The number of hydrogen-bond acceptors (Lipinski definition) is 4. The van der Waals surface area contributed by atoms with Gasteiger partial charge < -0.3 is 10.2 Å². The summed E-state index contributed by atoms with van der Waals surface area (Å²) in [6.07, 6.45) is 3.02. The Labute approximate surface area is 116 Å². The van der Waals surface area contributed by atoms with Crippen molar-refractivity contribution in [2.24, 2.45) is 0 Å². The molecule has 0 aliphatic carbocycles. The SMILES string of the molecule is CCc1nc(CCN(CC)CC)nc2c1CNCC2. The van der Waals surface area contributed by atoms with Crippen LogP contribution < -0.4 is 5.32 Å². The average molecular weight is 262 g/mol. The van der Waals surface area contributed by atoms with Gasteiger partial charge in [0, 0.05) is 43.7 Å². The van der Waals surface area contributed by atoms with Crippen LogP contribution in [0.15, 0.2) is 0 Å². The van der Waals surface area contributed by atoms with Crippen LogP contribution in [0.4, 0.5) is 0 Å². The lowest BCUT2D eigenvalue weighted by Crippen LogP contribution is -2.29. The lowest BCUT2D eigenvalue weighted by atomic mass is 10.0. The molecule has 0 bridgehead atoms. The Morgan fingerprint density at radius 1 is 1.16 bits per heavy atom. The van der Waals surface area contributed by atoms with Gasteiger partial charge in [-0.3, -0.25) is 0 Å². The maximum absolute atomic E-state index is 4.78. The van der Waals surface area contributed by atoms with Crippen LogP contribution in [-0.2, 0) is 25.8 Å². The molecule has 0 spiro atoms. The van der Waals surface area contributed by atoms with E-state index in [9.17, 15) is 0 Å². The van der Waals surface area contributed by atoms with Crippen LogP contribution in [0, 0.1) is 0 Å². The highest BCUT2D eigenvalue weighted by Crippen LogP contribution is 2.16. The summed E-state index contributed by atoms with van der Waals surface area (Å²) in [7, 11) is 0. The molecule has 4 nitrogen and oxygen atoms in total. The Kier molecular flexibility index (Phi) is 5.28. The van der Waals surface area contributed by atoms with Gasteiger partial charge >= 0.3 is 0 Å². The van der Waals surface area contributed by atoms with E-state index in [0.29, 0.717) is 0 Å². The second-order valence-corrected chi connectivity index (χ2v) is 5.07. The molecule has 0 aromatic carbocycles. The largest absolute Gasteiger partial charge is 0.312 e. The molecule has 0 radical (unpaired) electrons. The molecule has 0 unspecified atom stereocenters. The van der Waals surface area contributed by atoms with Crippen molar-refractivity contribution in [2.75, 3.05) is 26.2 Å². The van der Waals surface area contributed by atoms with E-state index < -0.39 is 0 Å². The highest BCUT2D eigenvalue weighted by Gasteiger charge is 2.16. The quantitative estimate of drug-likeness (QED) is 0.845. The second-order valence-electron chi connectivity index (χ2n) is 5.07. The van der Waals surface area contributed by atoms with E-state index in [-0.39, 0.29) is 0 Å². The molecule has 1 N–H and O–H groups in total. The van der Waals surface area contributed by atoms with Gasteiger partial charge in [-0.15, -0.1) is 0 Å². The van der Waals surface area contributed by atoms with Crippen LogP contribution in [0.3, 0.4) is 0 Å². The zero-order valence-electron chi connectivity index (χ0n) is 12.5. The predicted molar refractivity (Wildman–Crippen MR) is 78.3 cm³/mol. The Hall–Kier alpha value is -1.00. The lowest BCUT2D eigenvalue weighted by molar-refractivity contribution is 0.305. The molecule has 1 aliphatic rings. The van der Waals surface area contributed by atoms with Crippen LogP contribution in [0.25, 0.3) is 0 Å². The number of rotatable bonds is 6. The number of aryl methyl sites for hydroxylation is 1. The third kappa shape index (κ3) is 3.51. The first-order valence-electron chi connectivity index (χ1n) is 7.59. The fraction of sp³-hybridized carbons (Fsp3) is 0.733. The van der Waals surface area contributed by atoms with Crippen molar-refractivity contribution < 1.29 is 0 Å². The monoisotopic (exact) mass is 262 g/mol. The minimum absolute atomic E-state index is 0.939. The second kappa shape index (κ2) is 6.96. The smallest absolute Gasteiger partial charge is 0.130 e. The molecule has 0 atom stereocenters. The topological polar surface area (TPSA) is 41.1 Å².